The zero-order valence-electron chi connectivity index (χ0n) is 14.4. The normalized spacial score (nSPS) is 11.8. The third-order valence-corrected chi connectivity index (χ3v) is 5.75. The highest BCUT2D eigenvalue weighted by Gasteiger charge is 2.22. The standard InChI is InChI=1S/C17H21N5O2S/c1-11-6-15(16-9-20-22-13(16)3)17(7-12(11)2)25(23,24)21-5-4-14-8-18-10-19-14/h6-10,21H,4-5H2,1-3H3,(H,18,19)(H,20,22). The molecule has 8 heteroatoms. The second-order valence-corrected chi connectivity index (χ2v) is 7.80. The first-order valence-electron chi connectivity index (χ1n) is 7.97. The van der Waals surface area contributed by atoms with E-state index in [0.717, 1.165) is 28.1 Å². The van der Waals surface area contributed by atoms with Gasteiger partial charge in [0.15, 0.2) is 0 Å². The molecule has 0 unspecified atom stereocenters. The van der Waals surface area contributed by atoms with Gasteiger partial charge in [-0.1, -0.05) is 0 Å². The van der Waals surface area contributed by atoms with Crippen molar-refractivity contribution in [3.63, 3.8) is 0 Å². The topological polar surface area (TPSA) is 104 Å². The van der Waals surface area contributed by atoms with E-state index in [-0.39, 0.29) is 4.90 Å². The van der Waals surface area contributed by atoms with E-state index in [1.165, 1.54) is 0 Å². The highest BCUT2D eigenvalue weighted by Crippen LogP contribution is 2.31. The predicted octanol–water partition coefficient (Wildman–Crippen LogP) is 2.25. The number of benzene rings is 1. The van der Waals surface area contributed by atoms with Gasteiger partial charge in [0.25, 0.3) is 0 Å². The number of hydrogen-bond acceptors (Lipinski definition) is 4. The Morgan fingerprint density at radius 3 is 2.48 bits per heavy atom. The van der Waals surface area contributed by atoms with Crippen LogP contribution in [-0.2, 0) is 16.4 Å². The summed E-state index contributed by atoms with van der Waals surface area (Å²) >= 11 is 0. The van der Waals surface area contributed by atoms with Crippen molar-refractivity contribution in [1.29, 1.82) is 0 Å². The molecule has 2 heterocycles. The molecule has 0 aliphatic heterocycles. The lowest BCUT2D eigenvalue weighted by atomic mass is 10.0. The fourth-order valence-corrected chi connectivity index (χ4v) is 3.98. The van der Waals surface area contributed by atoms with Crippen LogP contribution in [0.15, 0.2) is 35.7 Å². The quantitative estimate of drug-likeness (QED) is 0.628. The molecule has 2 aromatic heterocycles. The monoisotopic (exact) mass is 359 g/mol. The summed E-state index contributed by atoms with van der Waals surface area (Å²) in [6, 6.07) is 3.62. The van der Waals surface area contributed by atoms with E-state index in [9.17, 15) is 8.42 Å². The molecule has 0 aliphatic carbocycles. The maximum atomic E-state index is 12.9. The van der Waals surface area contributed by atoms with Gasteiger partial charge in [-0.25, -0.2) is 18.1 Å². The Labute approximate surface area is 147 Å². The van der Waals surface area contributed by atoms with Crippen LogP contribution in [0.25, 0.3) is 11.1 Å². The highest BCUT2D eigenvalue weighted by molar-refractivity contribution is 7.89. The minimum absolute atomic E-state index is 0.268. The van der Waals surface area contributed by atoms with Crippen molar-refractivity contribution in [3.05, 3.63) is 53.4 Å². The molecular formula is C17H21N5O2S. The van der Waals surface area contributed by atoms with Gasteiger partial charge in [-0.2, -0.15) is 5.10 Å². The van der Waals surface area contributed by atoms with Crippen molar-refractivity contribution >= 4 is 10.0 Å². The summed E-state index contributed by atoms with van der Waals surface area (Å²) < 4.78 is 28.4. The molecule has 3 rings (SSSR count). The van der Waals surface area contributed by atoms with Gasteiger partial charge in [0.1, 0.15) is 0 Å². The number of nitrogens with zero attached hydrogens (tertiary/aromatic N) is 2. The van der Waals surface area contributed by atoms with Crippen molar-refractivity contribution in [2.45, 2.75) is 32.1 Å². The number of aromatic nitrogens is 4. The highest BCUT2D eigenvalue weighted by atomic mass is 32.2. The zero-order chi connectivity index (χ0) is 18.0. The summed E-state index contributed by atoms with van der Waals surface area (Å²) in [4.78, 5) is 7.16. The van der Waals surface area contributed by atoms with Crippen LogP contribution >= 0.6 is 0 Å². The van der Waals surface area contributed by atoms with Gasteiger partial charge in [-0.05, 0) is 44.0 Å². The number of sulfonamides is 1. The minimum atomic E-state index is -3.65. The van der Waals surface area contributed by atoms with E-state index >= 15 is 0 Å². The van der Waals surface area contributed by atoms with E-state index < -0.39 is 10.0 Å². The van der Waals surface area contributed by atoms with Crippen LogP contribution < -0.4 is 4.72 Å². The van der Waals surface area contributed by atoms with Crippen LogP contribution in [0.2, 0.25) is 0 Å². The summed E-state index contributed by atoms with van der Waals surface area (Å²) in [6.45, 7) is 6.04. The number of rotatable bonds is 6. The van der Waals surface area contributed by atoms with Gasteiger partial charge in [0.05, 0.1) is 17.4 Å². The summed E-state index contributed by atoms with van der Waals surface area (Å²) in [7, 11) is -3.65. The lowest BCUT2D eigenvalue weighted by Gasteiger charge is -2.14. The van der Waals surface area contributed by atoms with Crippen LogP contribution in [0.5, 0.6) is 0 Å². The van der Waals surface area contributed by atoms with Gasteiger partial charge in [0, 0.05) is 41.7 Å². The van der Waals surface area contributed by atoms with E-state index in [1.54, 1.807) is 24.8 Å². The number of aryl methyl sites for hydroxylation is 3. The second kappa shape index (κ2) is 6.81. The molecule has 3 aromatic rings. The second-order valence-electron chi connectivity index (χ2n) is 6.07. The first-order chi connectivity index (χ1) is 11.9. The maximum Gasteiger partial charge on any atom is 0.241 e. The smallest absolute Gasteiger partial charge is 0.241 e. The molecule has 7 nitrogen and oxygen atoms in total. The van der Waals surface area contributed by atoms with Crippen LogP contribution in [0.1, 0.15) is 22.5 Å². The molecule has 0 atom stereocenters. The molecule has 0 aliphatic rings. The number of hydrogen-bond donors (Lipinski definition) is 3. The summed E-state index contributed by atoms with van der Waals surface area (Å²) in [5.41, 5.74) is 5.12. The summed E-state index contributed by atoms with van der Waals surface area (Å²) in [6.07, 6.45) is 5.46. The lowest BCUT2D eigenvalue weighted by Crippen LogP contribution is -2.26. The zero-order valence-corrected chi connectivity index (χ0v) is 15.2. The predicted molar refractivity (Wildman–Crippen MR) is 95.7 cm³/mol. The van der Waals surface area contributed by atoms with E-state index in [2.05, 4.69) is 24.9 Å². The van der Waals surface area contributed by atoms with Gasteiger partial charge in [-0.3, -0.25) is 5.10 Å². The fourth-order valence-electron chi connectivity index (χ4n) is 2.66. The van der Waals surface area contributed by atoms with Crippen LogP contribution in [0.4, 0.5) is 0 Å². The molecule has 132 valence electrons. The van der Waals surface area contributed by atoms with Crippen molar-refractivity contribution in [3.8, 4) is 11.1 Å². The molecule has 0 bridgehead atoms. The van der Waals surface area contributed by atoms with Gasteiger partial charge in [-0.15, -0.1) is 0 Å². The molecule has 0 saturated carbocycles. The first kappa shape index (κ1) is 17.4. The fraction of sp³-hybridized carbons (Fsp3) is 0.294. The van der Waals surface area contributed by atoms with Crippen molar-refractivity contribution in [2.75, 3.05) is 6.54 Å². The van der Waals surface area contributed by atoms with Gasteiger partial charge in [0.2, 0.25) is 10.0 Å². The van der Waals surface area contributed by atoms with Crippen molar-refractivity contribution in [2.24, 2.45) is 0 Å². The van der Waals surface area contributed by atoms with Crippen molar-refractivity contribution < 1.29 is 8.42 Å². The Morgan fingerprint density at radius 1 is 1.08 bits per heavy atom. The Hall–Kier alpha value is -2.45. The number of nitrogens with one attached hydrogen (secondary N) is 3. The first-order valence-corrected chi connectivity index (χ1v) is 9.45. The van der Waals surface area contributed by atoms with E-state index in [4.69, 9.17) is 0 Å². The largest absolute Gasteiger partial charge is 0.348 e. The number of aromatic amines is 2. The third kappa shape index (κ3) is 3.64. The third-order valence-electron chi connectivity index (χ3n) is 4.25. The summed E-state index contributed by atoms with van der Waals surface area (Å²) in [5.74, 6) is 0. The van der Waals surface area contributed by atoms with Crippen LogP contribution in [0, 0.1) is 20.8 Å². The Kier molecular flexibility index (Phi) is 4.73. The Morgan fingerprint density at radius 2 is 1.84 bits per heavy atom. The molecule has 0 amide bonds. The number of imidazole rings is 1. The Balaban J connectivity index is 1.94. The van der Waals surface area contributed by atoms with Gasteiger partial charge >= 0.3 is 0 Å². The molecule has 0 fully saturated rings. The molecule has 1 aromatic carbocycles. The molecule has 0 spiro atoms. The minimum Gasteiger partial charge on any atom is -0.348 e. The average molecular weight is 359 g/mol. The molecular weight excluding hydrogens is 338 g/mol. The van der Waals surface area contributed by atoms with Gasteiger partial charge < -0.3 is 4.98 Å². The average Bonchev–Trinajstić information content (AvgIpc) is 3.21. The van der Waals surface area contributed by atoms with Crippen LogP contribution in [0.3, 0.4) is 0 Å². The number of H-pyrrole nitrogens is 2. The Bertz CT molecular complexity index is 975. The SMILES string of the molecule is Cc1cc(-c2cn[nH]c2C)c(S(=O)(=O)NCCc2cnc[nH]2)cc1C. The van der Waals surface area contributed by atoms with Crippen molar-refractivity contribution in [1.82, 2.24) is 24.9 Å². The summed E-state index contributed by atoms with van der Waals surface area (Å²) in [5, 5.41) is 6.88. The molecule has 0 saturated heterocycles. The van der Waals surface area contributed by atoms with E-state index in [1.807, 2.05) is 26.8 Å². The molecule has 3 N–H and O–H groups in total. The molecule has 0 radical (unpaired) electrons. The van der Waals surface area contributed by atoms with Crippen LogP contribution in [-0.4, -0.2) is 35.1 Å². The molecule has 25 heavy (non-hydrogen) atoms. The maximum absolute atomic E-state index is 12.9. The van der Waals surface area contributed by atoms with E-state index in [0.29, 0.717) is 18.5 Å². The lowest BCUT2D eigenvalue weighted by molar-refractivity contribution is 0.581.